The molecule has 7 nitrogen and oxygen atoms in total. The van der Waals surface area contributed by atoms with Crippen molar-refractivity contribution in [1.82, 2.24) is 9.62 Å². The molecule has 130 valence electrons. The molecule has 0 saturated carbocycles. The Morgan fingerprint density at radius 3 is 2.09 bits per heavy atom. The number of nitrogens with one attached hydrogen (secondary N) is 1. The maximum Gasteiger partial charge on any atom is 0.240 e. The molecule has 1 aromatic carbocycles. The van der Waals surface area contributed by atoms with Gasteiger partial charge >= 0.3 is 0 Å². The van der Waals surface area contributed by atoms with Gasteiger partial charge in [-0.05, 0) is 57.1 Å². The minimum atomic E-state index is -3.83. The van der Waals surface area contributed by atoms with Gasteiger partial charge in [-0.25, -0.2) is 26.7 Å². The van der Waals surface area contributed by atoms with Gasteiger partial charge in [0.2, 0.25) is 20.0 Å². The van der Waals surface area contributed by atoms with E-state index in [1.807, 2.05) is 6.92 Å². The first kappa shape index (κ1) is 18.3. The largest absolute Gasteiger partial charge is 0.302 e. The molecular weight excluding hydrogens is 338 g/mol. The van der Waals surface area contributed by atoms with E-state index in [4.69, 9.17) is 5.14 Å². The Labute approximate surface area is 138 Å². The molecule has 23 heavy (non-hydrogen) atoms. The predicted octanol–water partition coefficient (Wildman–Crippen LogP) is 0.487. The van der Waals surface area contributed by atoms with Gasteiger partial charge < -0.3 is 4.90 Å². The molecule has 0 radical (unpaired) electrons. The molecule has 1 atom stereocenters. The van der Waals surface area contributed by atoms with Crippen molar-refractivity contribution in [3.63, 3.8) is 0 Å². The summed E-state index contributed by atoms with van der Waals surface area (Å²) in [6.45, 7) is 4.48. The number of nitrogens with two attached hydrogens (primary N) is 1. The Morgan fingerprint density at radius 2 is 1.57 bits per heavy atom. The van der Waals surface area contributed by atoms with Crippen molar-refractivity contribution in [3.8, 4) is 0 Å². The molecule has 3 N–H and O–H groups in total. The number of primary sulfonamides is 1. The van der Waals surface area contributed by atoms with Gasteiger partial charge in [0.1, 0.15) is 0 Å². The van der Waals surface area contributed by atoms with E-state index in [2.05, 4.69) is 9.62 Å². The molecule has 2 rings (SSSR count). The first-order valence-electron chi connectivity index (χ1n) is 7.56. The highest BCUT2D eigenvalue weighted by molar-refractivity contribution is 7.89. The normalized spacial score (nSPS) is 18.7. The van der Waals surface area contributed by atoms with Gasteiger partial charge in [0.05, 0.1) is 9.79 Å². The van der Waals surface area contributed by atoms with Crippen LogP contribution >= 0.6 is 0 Å². The molecular formula is C14H23N3O4S2. The number of likely N-dealkylation sites (tertiary alicyclic amines) is 1. The highest BCUT2D eigenvalue weighted by atomic mass is 32.2. The topological polar surface area (TPSA) is 110 Å². The van der Waals surface area contributed by atoms with Crippen LogP contribution in [-0.4, -0.2) is 47.4 Å². The van der Waals surface area contributed by atoms with Crippen LogP contribution in [0.4, 0.5) is 0 Å². The lowest BCUT2D eigenvalue weighted by molar-refractivity contribution is 0.215. The lowest BCUT2D eigenvalue weighted by Crippen LogP contribution is -2.43. The fraction of sp³-hybridized carbons (Fsp3) is 0.571. The van der Waals surface area contributed by atoms with Gasteiger partial charge in [0, 0.05) is 12.6 Å². The van der Waals surface area contributed by atoms with Gasteiger partial charge in [-0.3, -0.25) is 0 Å². The van der Waals surface area contributed by atoms with Crippen LogP contribution in [-0.2, 0) is 20.0 Å². The Hall–Kier alpha value is -1.00. The molecule has 0 amide bonds. The monoisotopic (exact) mass is 361 g/mol. The third kappa shape index (κ3) is 5.25. The van der Waals surface area contributed by atoms with E-state index >= 15 is 0 Å². The molecule has 1 saturated heterocycles. The molecule has 0 bridgehead atoms. The van der Waals surface area contributed by atoms with Crippen molar-refractivity contribution in [2.24, 2.45) is 5.14 Å². The summed E-state index contributed by atoms with van der Waals surface area (Å²) >= 11 is 0. The smallest absolute Gasteiger partial charge is 0.240 e. The minimum absolute atomic E-state index is 0.0235. The van der Waals surface area contributed by atoms with Gasteiger partial charge in [0.15, 0.2) is 0 Å². The zero-order chi connectivity index (χ0) is 17.1. The van der Waals surface area contributed by atoms with E-state index in [1.165, 1.54) is 30.7 Å². The third-order valence-corrected chi connectivity index (χ3v) is 6.33. The second kappa shape index (κ2) is 7.27. The fourth-order valence-corrected chi connectivity index (χ4v) is 4.46. The lowest BCUT2D eigenvalue weighted by atomic mass is 10.1. The van der Waals surface area contributed by atoms with Crippen LogP contribution in [0, 0.1) is 0 Å². The van der Waals surface area contributed by atoms with Crippen molar-refractivity contribution in [2.75, 3.05) is 19.6 Å². The number of piperidine rings is 1. The number of hydrogen-bond donors (Lipinski definition) is 2. The Morgan fingerprint density at radius 1 is 1.04 bits per heavy atom. The van der Waals surface area contributed by atoms with Gasteiger partial charge in [0.25, 0.3) is 0 Å². The average molecular weight is 361 g/mol. The number of sulfonamides is 2. The highest BCUT2D eigenvalue weighted by Gasteiger charge is 2.20. The van der Waals surface area contributed by atoms with Crippen molar-refractivity contribution < 1.29 is 16.8 Å². The highest BCUT2D eigenvalue weighted by Crippen LogP contribution is 2.14. The second-order valence-electron chi connectivity index (χ2n) is 5.90. The molecule has 1 aromatic rings. The summed E-state index contributed by atoms with van der Waals surface area (Å²) in [4.78, 5) is 2.16. The Balaban J connectivity index is 2.03. The standard InChI is InChI=1S/C14H23N3O4S2/c1-12(11-17-9-3-2-4-10-17)16-23(20,21)14-7-5-13(6-8-14)22(15,18)19/h5-8,12,16H,2-4,9-11H2,1H3,(H2,15,18,19)/t12-/m1/s1. The van der Waals surface area contributed by atoms with E-state index in [0.29, 0.717) is 6.54 Å². The van der Waals surface area contributed by atoms with Crippen LogP contribution in [0.15, 0.2) is 34.1 Å². The summed E-state index contributed by atoms with van der Waals surface area (Å²) in [5.41, 5.74) is 0. The Bertz CT molecular complexity index is 724. The SMILES string of the molecule is C[C@H](CN1CCCCC1)NS(=O)(=O)c1ccc(S(N)(=O)=O)cc1. The van der Waals surface area contributed by atoms with E-state index in [1.54, 1.807) is 0 Å². The summed E-state index contributed by atoms with van der Waals surface area (Å²) < 4.78 is 49.7. The molecule has 1 fully saturated rings. The lowest BCUT2D eigenvalue weighted by Gasteiger charge is -2.29. The molecule has 1 heterocycles. The van der Waals surface area contributed by atoms with Crippen LogP contribution in [0.1, 0.15) is 26.2 Å². The number of rotatable bonds is 6. The van der Waals surface area contributed by atoms with Crippen LogP contribution in [0.25, 0.3) is 0 Å². The van der Waals surface area contributed by atoms with Crippen LogP contribution in [0.3, 0.4) is 0 Å². The number of nitrogens with zero attached hydrogens (tertiary/aromatic N) is 1. The maximum atomic E-state index is 12.3. The van der Waals surface area contributed by atoms with Gasteiger partial charge in [-0.2, -0.15) is 0 Å². The zero-order valence-electron chi connectivity index (χ0n) is 13.1. The second-order valence-corrected chi connectivity index (χ2v) is 9.18. The number of hydrogen-bond acceptors (Lipinski definition) is 5. The fourth-order valence-electron chi connectivity index (χ4n) is 2.71. The van der Waals surface area contributed by atoms with Crippen LogP contribution in [0.2, 0.25) is 0 Å². The van der Waals surface area contributed by atoms with Crippen molar-refractivity contribution in [2.45, 2.75) is 42.0 Å². The summed E-state index contributed by atoms with van der Waals surface area (Å²) in [6.07, 6.45) is 3.52. The summed E-state index contributed by atoms with van der Waals surface area (Å²) in [5.74, 6) is 0. The molecule has 0 aliphatic carbocycles. The quantitative estimate of drug-likeness (QED) is 0.766. The van der Waals surface area contributed by atoms with Crippen LogP contribution in [0.5, 0.6) is 0 Å². The van der Waals surface area contributed by atoms with Crippen molar-refractivity contribution in [3.05, 3.63) is 24.3 Å². The summed E-state index contributed by atoms with van der Waals surface area (Å²) in [7, 11) is -7.51. The molecule has 0 spiro atoms. The van der Waals surface area contributed by atoms with Crippen LogP contribution < -0.4 is 9.86 Å². The molecule has 1 aliphatic rings. The van der Waals surface area contributed by atoms with E-state index in [0.717, 1.165) is 25.9 Å². The van der Waals surface area contributed by atoms with E-state index in [-0.39, 0.29) is 15.8 Å². The molecule has 9 heteroatoms. The van der Waals surface area contributed by atoms with E-state index in [9.17, 15) is 16.8 Å². The predicted molar refractivity (Wildman–Crippen MR) is 87.9 cm³/mol. The molecule has 0 unspecified atom stereocenters. The average Bonchev–Trinajstić information content (AvgIpc) is 2.47. The van der Waals surface area contributed by atoms with E-state index < -0.39 is 20.0 Å². The zero-order valence-corrected chi connectivity index (χ0v) is 14.7. The molecule has 0 aromatic heterocycles. The number of benzene rings is 1. The summed E-state index contributed by atoms with van der Waals surface area (Å²) in [5, 5.41) is 5.00. The maximum absolute atomic E-state index is 12.3. The molecule has 1 aliphatic heterocycles. The van der Waals surface area contributed by atoms with Crippen molar-refractivity contribution >= 4 is 20.0 Å². The first-order valence-corrected chi connectivity index (χ1v) is 10.6. The van der Waals surface area contributed by atoms with Gasteiger partial charge in [-0.1, -0.05) is 6.42 Å². The van der Waals surface area contributed by atoms with Gasteiger partial charge in [-0.15, -0.1) is 0 Å². The summed E-state index contributed by atoms with van der Waals surface area (Å²) in [6, 6.07) is 4.65. The Kier molecular flexibility index (Phi) is 5.79. The minimum Gasteiger partial charge on any atom is -0.302 e. The third-order valence-electron chi connectivity index (χ3n) is 3.80. The first-order chi connectivity index (χ1) is 10.7. The van der Waals surface area contributed by atoms with Crippen molar-refractivity contribution in [1.29, 1.82) is 0 Å².